The number of benzene rings is 1. The zero-order chi connectivity index (χ0) is 28.1. The normalized spacial score (nSPS) is 23.9. The molecule has 1 aliphatic heterocycles. The molecule has 0 aliphatic carbocycles. The van der Waals surface area contributed by atoms with Crippen LogP contribution in [0.3, 0.4) is 0 Å². The maximum absolute atomic E-state index is 13.7. The first-order chi connectivity index (χ1) is 17.8. The summed E-state index contributed by atoms with van der Waals surface area (Å²) >= 11 is 0. The van der Waals surface area contributed by atoms with Gasteiger partial charge in [-0.25, -0.2) is 4.57 Å². The van der Waals surface area contributed by atoms with E-state index in [0.29, 0.717) is 5.56 Å². The number of rotatable bonds is 11. The molecule has 1 fully saturated rings. The van der Waals surface area contributed by atoms with Crippen molar-refractivity contribution in [3.8, 4) is 5.75 Å². The maximum Gasteiger partial charge on any atom is 0.459 e. The van der Waals surface area contributed by atoms with Crippen molar-refractivity contribution in [1.82, 2.24) is 5.09 Å². The van der Waals surface area contributed by atoms with Gasteiger partial charge in [0.05, 0.1) is 18.8 Å². The van der Waals surface area contributed by atoms with Crippen molar-refractivity contribution in [2.45, 2.75) is 65.2 Å². The number of esters is 1. The third-order valence-electron chi connectivity index (χ3n) is 5.59. The Morgan fingerprint density at radius 3 is 2.45 bits per heavy atom. The number of hydrogen-bond donors (Lipinski definition) is 3. The van der Waals surface area contributed by atoms with Gasteiger partial charge in [0.15, 0.2) is 24.3 Å². The van der Waals surface area contributed by atoms with Crippen LogP contribution in [0.4, 0.5) is 0 Å². The van der Waals surface area contributed by atoms with Crippen molar-refractivity contribution in [2.75, 3.05) is 13.2 Å². The third kappa shape index (κ3) is 8.17. The first kappa shape index (κ1) is 29.9. The van der Waals surface area contributed by atoms with Gasteiger partial charge >= 0.3 is 13.7 Å². The molecule has 11 nitrogen and oxygen atoms in total. The second-order valence-electron chi connectivity index (χ2n) is 10.4. The first-order valence-corrected chi connectivity index (χ1v) is 13.8. The van der Waals surface area contributed by atoms with E-state index in [0.717, 1.165) is 0 Å². The summed E-state index contributed by atoms with van der Waals surface area (Å²) in [4.78, 5) is 24.2. The Kier molecular flexibility index (Phi) is 9.80. The summed E-state index contributed by atoms with van der Waals surface area (Å²) in [5, 5.41) is 23.8. The molecule has 1 aliphatic rings. The van der Waals surface area contributed by atoms with Gasteiger partial charge in [0.2, 0.25) is 0 Å². The summed E-state index contributed by atoms with van der Waals surface area (Å²) in [7, 11) is -4.20. The summed E-state index contributed by atoms with van der Waals surface area (Å²) in [6.45, 7) is 8.33. The Labute approximate surface area is 222 Å². The number of carbonyl (C=O) groups excluding carboxylic acids is 2. The van der Waals surface area contributed by atoms with Crippen LogP contribution in [0, 0.1) is 5.41 Å². The quantitative estimate of drug-likeness (QED) is 0.165. The number of ketones is 1. The highest BCUT2D eigenvalue weighted by Gasteiger charge is 2.49. The summed E-state index contributed by atoms with van der Waals surface area (Å²) in [5.41, 5.74) is 0.139. The summed E-state index contributed by atoms with van der Waals surface area (Å²) < 4.78 is 37.5. The molecule has 12 heteroatoms. The summed E-state index contributed by atoms with van der Waals surface area (Å²) in [6.07, 6.45) is -1.78. The van der Waals surface area contributed by atoms with Gasteiger partial charge in [-0.3, -0.25) is 14.1 Å². The van der Waals surface area contributed by atoms with Crippen LogP contribution < -0.4 is 14.2 Å². The van der Waals surface area contributed by atoms with E-state index in [9.17, 15) is 24.4 Å². The predicted molar refractivity (Wildman–Crippen MR) is 136 cm³/mol. The number of pyridine rings is 1. The molecular weight excluding hydrogens is 515 g/mol. The molecule has 0 saturated carbocycles. The Hall–Kier alpha value is -2.66. The highest BCUT2D eigenvalue weighted by molar-refractivity contribution is 7.52. The molecule has 0 radical (unpaired) electrons. The van der Waals surface area contributed by atoms with Crippen molar-refractivity contribution in [2.24, 2.45) is 5.41 Å². The van der Waals surface area contributed by atoms with E-state index in [2.05, 4.69) is 5.09 Å². The number of carbonyl (C=O) groups is 2. The Morgan fingerprint density at radius 2 is 1.82 bits per heavy atom. The van der Waals surface area contributed by atoms with E-state index < -0.39 is 50.9 Å². The molecule has 2 unspecified atom stereocenters. The average molecular weight is 552 g/mol. The molecule has 6 atom stereocenters. The maximum atomic E-state index is 13.7. The fourth-order valence-corrected chi connectivity index (χ4v) is 5.06. The monoisotopic (exact) mass is 551 g/mol. The Morgan fingerprint density at radius 1 is 1.13 bits per heavy atom. The van der Waals surface area contributed by atoms with E-state index in [-0.39, 0.29) is 23.6 Å². The minimum atomic E-state index is -4.20. The topological polar surface area (TPSA) is 144 Å². The second-order valence-corrected chi connectivity index (χ2v) is 12.1. The van der Waals surface area contributed by atoms with Crippen LogP contribution in [0.2, 0.25) is 0 Å². The van der Waals surface area contributed by atoms with Gasteiger partial charge in [-0.05, 0) is 37.5 Å². The molecule has 2 heterocycles. The minimum absolute atomic E-state index is 0.159. The lowest BCUT2D eigenvalue weighted by molar-refractivity contribution is -0.765. The van der Waals surface area contributed by atoms with Crippen LogP contribution in [-0.2, 0) is 23.4 Å². The van der Waals surface area contributed by atoms with Gasteiger partial charge in [0, 0.05) is 6.07 Å². The van der Waals surface area contributed by atoms with Crippen LogP contribution in [0.1, 0.15) is 51.2 Å². The van der Waals surface area contributed by atoms with Crippen LogP contribution >= 0.6 is 7.75 Å². The van der Waals surface area contributed by atoms with Crippen molar-refractivity contribution in [3.05, 3.63) is 60.4 Å². The van der Waals surface area contributed by atoms with Gasteiger partial charge in [-0.15, -0.1) is 0 Å². The molecule has 2 aromatic rings. The van der Waals surface area contributed by atoms with E-state index in [4.69, 9.17) is 18.5 Å². The number of aromatic nitrogens is 1. The highest BCUT2D eigenvalue weighted by Crippen LogP contribution is 2.45. The van der Waals surface area contributed by atoms with Gasteiger partial charge in [0.25, 0.3) is 6.23 Å². The number of Topliss-reactive ketones (excluding diaryl/α,β-unsaturated/α-hetero) is 1. The fourth-order valence-electron chi connectivity index (χ4n) is 3.56. The van der Waals surface area contributed by atoms with Crippen LogP contribution in [0.5, 0.6) is 5.75 Å². The van der Waals surface area contributed by atoms with E-state index >= 15 is 0 Å². The molecule has 1 aromatic carbocycles. The van der Waals surface area contributed by atoms with Crippen LogP contribution in [0.25, 0.3) is 0 Å². The second kappa shape index (κ2) is 12.5. The molecule has 1 saturated heterocycles. The van der Waals surface area contributed by atoms with Crippen LogP contribution in [-0.4, -0.2) is 59.5 Å². The molecular formula is C26H36N2O9P+. The van der Waals surface area contributed by atoms with E-state index in [1.165, 1.54) is 24.6 Å². The molecule has 208 valence electrons. The fraction of sp³-hybridized carbons (Fsp3) is 0.500. The SMILES string of the molecule is CC(=O)c1ccc[n+]([C@@H]2O[C@H](COP(=O)(NC(C)C(=O)OCC(C)(C)C)Oc3ccccc3)[C@@H](O)[C@H]2O)c1. The number of nitrogens with one attached hydrogen (secondary N) is 1. The number of para-hydroxylation sites is 1. The predicted octanol–water partition coefficient (Wildman–Crippen LogP) is 2.57. The average Bonchev–Trinajstić information content (AvgIpc) is 3.15. The lowest BCUT2D eigenvalue weighted by atomic mass is 9.99. The van der Waals surface area contributed by atoms with Crippen LogP contribution in [0.15, 0.2) is 54.9 Å². The standard InChI is InChI=1S/C26H36N2O9P/c1-17(25(32)34-16-26(3,4)5)27-38(33,37-20-11-7-6-8-12-20)35-15-21-22(30)23(31)24(36-21)28-13-9-10-19(14-28)18(2)29/h6-14,17,21-24,30-31H,15-16H2,1-5H3,(H,27,33)/q+1/t17?,21-,22-,23-,24-,38?/m1/s1. The number of hydrogen-bond acceptors (Lipinski definition) is 9. The molecule has 3 N–H and O–H groups in total. The van der Waals surface area contributed by atoms with Gasteiger partial charge in [-0.2, -0.15) is 9.65 Å². The Bertz CT molecular complexity index is 1150. The van der Waals surface area contributed by atoms with E-state index in [1.807, 2.05) is 20.8 Å². The summed E-state index contributed by atoms with van der Waals surface area (Å²) in [6, 6.07) is 10.4. The highest BCUT2D eigenvalue weighted by atomic mass is 31.2. The smallest absolute Gasteiger partial charge is 0.459 e. The third-order valence-corrected chi connectivity index (χ3v) is 7.23. The van der Waals surface area contributed by atoms with Crippen molar-refractivity contribution < 1.29 is 47.5 Å². The molecule has 38 heavy (non-hydrogen) atoms. The summed E-state index contributed by atoms with van der Waals surface area (Å²) in [5.74, 6) is -0.594. The van der Waals surface area contributed by atoms with Gasteiger partial charge < -0.3 is 24.2 Å². The number of aliphatic hydroxyl groups is 2. The molecule has 1 aromatic heterocycles. The van der Waals surface area contributed by atoms with Gasteiger partial charge in [-0.1, -0.05) is 39.0 Å². The van der Waals surface area contributed by atoms with E-state index in [1.54, 1.807) is 48.7 Å². The molecule has 3 rings (SSSR count). The lowest BCUT2D eigenvalue weighted by Gasteiger charge is -2.25. The minimum Gasteiger partial charge on any atom is -0.464 e. The number of aliphatic hydroxyl groups excluding tert-OH is 2. The molecule has 0 spiro atoms. The van der Waals surface area contributed by atoms with Crippen molar-refractivity contribution >= 4 is 19.5 Å². The number of nitrogens with zero attached hydrogens (tertiary/aromatic N) is 1. The van der Waals surface area contributed by atoms with Crippen molar-refractivity contribution in [1.29, 1.82) is 0 Å². The zero-order valence-corrected chi connectivity index (χ0v) is 23.0. The largest absolute Gasteiger partial charge is 0.464 e. The molecule has 0 bridgehead atoms. The Balaban J connectivity index is 1.73. The first-order valence-electron chi connectivity index (χ1n) is 12.2. The van der Waals surface area contributed by atoms with Crippen molar-refractivity contribution in [3.63, 3.8) is 0 Å². The molecule has 0 amide bonds. The number of ether oxygens (including phenoxy) is 2. The van der Waals surface area contributed by atoms with Gasteiger partial charge in [0.1, 0.15) is 24.0 Å². The zero-order valence-electron chi connectivity index (χ0n) is 22.1. The lowest BCUT2D eigenvalue weighted by Crippen LogP contribution is -2.46.